The lowest BCUT2D eigenvalue weighted by Gasteiger charge is -2.07. The summed E-state index contributed by atoms with van der Waals surface area (Å²) in [4.78, 5) is 0. The number of halogens is 1. The summed E-state index contributed by atoms with van der Waals surface area (Å²) < 4.78 is 5.81. The molecule has 1 nitrogen and oxygen atoms in total. The predicted molar refractivity (Wildman–Crippen MR) is 67.7 cm³/mol. The highest BCUT2D eigenvalue weighted by atomic mass is 35.5. The largest absolute Gasteiger partial charge is 0.423 e. The molecule has 0 saturated heterocycles. The van der Waals surface area contributed by atoms with Crippen LogP contribution in [0.25, 0.3) is 0 Å². The van der Waals surface area contributed by atoms with Gasteiger partial charge in [-0.2, -0.15) is 0 Å². The normalized spacial score (nSPS) is 13.9. The van der Waals surface area contributed by atoms with E-state index in [2.05, 4.69) is 18.2 Å². The van der Waals surface area contributed by atoms with Crippen molar-refractivity contribution >= 4 is 29.4 Å². The SMILES string of the molecule is Clc1cccc(B2OCc3ccccc32)c1. The Balaban J connectivity index is 2.05. The Morgan fingerprint density at radius 3 is 2.81 bits per heavy atom. The number of hydrogen-bond donors (Lipinski definition) is 0. The first-order chi connectivity index (χ1) is 7.84. The van der Waals surface area contributed by atoms with Gasteiger partial charge in [-0.05, 0) is 28.6 Å². The zero-order chi connectivity index (χ0) is 11.0. The van der Waals surface area contributed by atoms with Crippen molar-refractivity contribution in [1.82, 2.24) is 0 Å². The molecule has 0 spiro atoms. The van der Waals surface area contributed by atoms with E-state index in [4.69, 9.17) is 16.3 Å². The molecular formula is C13H10BClO. The van der Waals surface area contributed by atoms with Gasteiger partial charge in [-0.15, -0.1) is 0 Å². The van der Waals surface area contributed by atoms with Crippen LogP contribution in [0.3, 0.4) is 0 Å². The van der Waals surface area contributed by atoms with E-state index in [0.717, 1.165) is 10.5 Å². The van der Waals surface area contributed by atoms with Gasteiger partial charge in [-0.1, -0.05) is 48.0 Å². The second-order valence-electron chi connectivity index (χ2n) is 3.94. The standard InChI is InChI=1S/C13H10BClO/c15-12-6-3-5-11(8-12)14-13-7-2-1-4-10(13)9-16-14/h1-8H,9H2. The lowest BCUT2D eigenvalue weighted by molar-refractivity contribution is 0.337. The number of rotatable bonds is 1. The zero-order valence-electron chi connectivity index (χ0n) is 8.69. The number of fused-ring (bicyclic) bond motifs is 1. The van der Waals surface area contributed by atoms with Crippen molar-refractivity contribution in [2.24, 2.45) is 0 Å². The Kier molecular flexibility index (Phi) is 2.46. The van der Waals surface area contributed by atoms with Crippen LogP contribution in [0.15, 0.2) is 48.5 Å². The van der Waals surface area contributed by atoms with Gasteiger partial charge in [0, 0.05) is 5.02 Å². The Morgan fingerprint density at radius 1 is 1.06 bits per heavy atom. The summed E-state index contributed by atoms with van der Waals surface area (Å²) in [5.41, 5.74) is 3.65. The lowest BCUT2D eigenvalue weighted by atomic mass is 9.56. The maximum atomic E-state index is 5.99. The Labute approximate surface area is 100 Å². The smallest absolute Gasteiger partial charge is 0.362 e. The van der Waals surface area contributed by atoms with Gasteiger partial charge >= 0.3 is 6.92 Å². The molecule has 2 aromatic carbocycles. The fourth-order valence-electron chi connectivity index (χ4n) is 2.13. The highest BCUT2D eigenvalue weighted by molar-refractivity contribution is 6.81. The first-order valence-electron chi connectivity index (χ1n) is 5.29. The maximum absolute atomic E-state index is 5.99. The van der Waals surface area contributed by atoms with E-state index in [9.17, 15) is 0 Å². The second-order valence-corrected chi connectivity index (χ2v) is 4.38. The van der Waals surface area contributed by atoms with E-state index < -0.39 is 0 Å². The molecule has 16 heavy (non-hydrogen) atoms. The zero-order valence-corrected chi connectivity index (χ0v) is 9.45. The molecule has 1 heterocycles. The molecule has 0 radical (unpaired) electrons. The minimum Gasteiger partial charge on any atom is -0.423 e. The summed E-state index contributed by atoms with van der Waals surface area (Å²) in [7, 11) is 0. The third-order valence-electron chi connectivity index (χ3n) is 2.89. The van der Waals surface area contributed by atoms with Gasteiger partial charge in [0.25, 0.3) is 0 Å². The average molecular weight is 228 g/mol. The molecule has 0 atom stereocenters. The molecule has 78 valence electrons. The highest BCUT2D eigenvalue weighted by Crippen LogP contribution is 2.12. The van der Waals surface area contributed by atoms with Crippen LogP contribution in [-0.4, -0.2) is 6.92 Å². The van der Waals surface area contributed by atoms with E-state index in [0.29, 0.717) is 6.61 Å². The van der Waals surface area contributed by atoms with Gasteiger partial charge < -0.3 is 4.65 Å². The predicted octanol–water partition coefficient (Wildman–Crippen LogP) is 1.98. The molecule has 0 unspecified atom stereocenters. The Morgan fingerprint density at radius 2 is 1.94 bits per heavy atom. The van der Waals surface area contributed by atoms with Gasteiger partial charge in [0.1, 0.15) is 0 Å². The highest BCUT2D eigenvalue weighted by Gasteiger charge is 2.29. The molecule has 0 aliphatic carbocycles. The molecule has 1 aliphatic heterocycles. The maximum Gasteiger partial charge on any atom is 0.362 e. The van der Waals surface area contributed by atoms with Crippen LogP contribution in [0.5, 0.6) is 0 Å². The van der Waals surface area contributed by atoms with E-state index in [1.54, 1.807) is 0 Å². The fraction of sp³-hybridized carbons (Fsp3) is 0.0769. The van der Waals surface area contributed by atoms with Crippen LogP contribution < -0.4 is 10.9 Å². The first-order valence-corrected chi connectivity index (χ1v) is 5.67. The summed E-state index contributed by atoms with van der Waals surface area (Å²) in [6, 6.07) is 16.2. The monoisotopic (exact) mass is 228 g/mol. The molecule has 2 aromatic rings. The first kappa shape index (κ1) is 9.94. The van der Waals surface area contributed by atoms with Crippen LogP contribution >= 0.6 is 11.6 Å². The molecule has 0 bridgehead atoms. The van der Waals surface area contributed by atoms with Gasteiger partial charge in [0.15, 0.2) is 0 Å². The number of hydrogen-bond acceptors (Lipinski definition) is 1. The molecule has 0 aromatic heterocycles. The molecule has 0 amide bonds. The summed E-state index contributed by atoms with van der Waals surface area (Å²) >= 11 is 5.99. The minimum absolute atomic E-state index is 0.0369. The van der Waals surface area contributed by atoms with Crippen molar-refractivity contribution in [3.8, 4) is 0 Å². The van der Waals surface area contributed by atoms with Crippen LogP contribution in [0.4, 0.5) is 0 Å². The van der Waals surface area contributed by atoms with E-state index >= 15 is 0 Å². The third-order valence-corrected chi connectivity index (χ3v) is 3.13. The van der Waals surface area contributed by atoms with Crippen LogP contribution in [-0.2, 0) is 11.3 Å². The second kappa shape index (κ2) is 3.97. The van der Waals surface area contributed by atoms with Crippen molar-refractivity contribution in [3.63, 3.8) is 0 Å². The topological polar surface area (TPSA) is 9.23 Å². The van der Waals surface area contributed by atoms with Gasteiger partial charge in [-0.3, -0.25) is 0 Å². The van der Waals surface area contributed by atoms with E-state index in [1.165, 1.54) is 11.0 Å². The van der Waals surface area contributed by atoms with E-state index in [-0.39, 0.29) is 6.92 Å². The lowest BCUT2D eigenvalue weighted by Crippen LogP contribution is -2.41. The number of benzene rings is 2. The Bertz CT molecular complexity index is 527. The van der Waals surface area contributed by atoms with Crippen LogP contribution in [0, 0.1) is 0 Å². The molecule has 3 rings (SSSR count). The molecular weight excluding hydrogens is 218 g/mol. The summed E-state index contributed by atoms with van der Waals surface area (Å²) in [5, 5.41) is 0.755. The average Bonchev–Trinajstić information content (AvgIpc) is 2.72. The molecule has 0 N–H and O–H groups in total. The quantitative estimate of drug-likeness (QED) is 0.678. The van der Waals surface area contributed by atoms with Crippen molar-refractivity contribution in [1.29, 1.82) is 0 Å². The molecule has 3 heteroatoms. The van der Waals surface area contributed by atoms with Crippen molar-refractivity contribution in [2.75, 3.05) is 0 Å². The Hall–Kier alpha value is -1.25. The summed E-state index contributed by atoms with van der Waals surface area (Å²) in [5.74, 6) is 0. The van der Waals surface area contributed by atoms with E-state index in [1.807, 2.05) is 30.3 Å². The molecule has 1 aliphatic rings. The summed E-state index contributed by atoms with van der Waals surface area (Å²) in [6.45, 7) is 0.725. The van der Waals surface area contributed by atoms with Crippen molar-refractivity contribution in [3.05, 3.63) is 59.1 Å². The summed E-state index contributed by atoms with van der Waals surface area (Å²) in [6.07, 6.45) is 0. The molecule has 0 saturated carbocycles. The minimum atomic E-state index is 0.0369. The van der Waals surface area contributed by atoms with Crippen molar-refractivity contribution in [2.45, 2.75) is 6.61 Å². The fourth-order valence-corrected chi connectivity index (χ4v) is 2.33. The van der Waals surface area contributed by atoms with Gasteiger partial charge in [0.2, 0.25) is 0 Å². The van der Waals surface area contributed by atoms with Crippen molar-refractivity contribution < 1.29 is 4.65 Å². The van der Waals surface area contributed by atoms with Crippen LogP contribution in [0.2, 0.25) is 5.02 Å². The molecule has 0 fully saturated rings. The van der Waals surface area contributed by atoms with Gasteiger partial charge in [-0.25, -0.2) is 0 Å². The third kappa shape index (κ3) is 1.64. The van der Waals surface area contributed by atoms with Gasteiger partial charge in [0.05, 0.1) is 6.61 Å². The van der Waals surface area contributed by atoms with Crippen LogP contribution in [0.1, 0.15) is 5.56 Å².